The molecule has 8 heteroatoms. The summed E-state index contributed by atoms with van der Waals surface area (Å²) in [5.74, 6) is -0.588. The molecule has 3 N–H and O–H groups in total. The number of nitrogens with zero attached hydrogens (tertiary/aromatic N) is 1. The molecule has 3 rings (SSSR count). The van der Waals surface area contributed by atoms with Crippen molar-refractivity contribution < 1.29 is 9.59 Å². The number of imide groups is 1. The van der Waals surface area contributed by atoms with Crippen molar-refractivity contribution in [2.75, 3.05) is 5.32 Å². The molecule has 23 heavy (non-hydrogen) atoms. The standard InChI is InChI=1S/C15H14N4O4/c20-12-7-11(17-15(23)18-12)16-10-6-13(21)19(14(10)22)8-9-4-2-1-3-5-9/h1-5,7,10H,6,8H2,(H3,16,17,18,20,23)/t10-/m1/s1. The Kier molecular flexibility index (Phi) is 3.80. The zero-order chi connectivity index (χ0) is 16.4. The van der Waals surface area contributed by atoms with E-state index in [1.165, 1.54) is 0 Å². The smallest absolute Gasteiger partial charge is 0.327 e. The van der Waals surface area contributed by atoms with Crippen LogP contribution < -0.4 is 16.6 Å². The molecule has 1 aliphatic rings. The molecule has 0 bridgehead atoms. The van der Waals surface area contributed by atoms with Crippen LogP contribution in [0, 0.1) is 0 Å². The summed E-state index contributed by atoms with van der Waals surface area (Å²) in [6, 6.07) is 9.49. The number of aromatic amines is 2. The third-order valence-corrected chi connectivity index (χ3v) is 3.52. The molecule has 0 saturated carbocycles. The average Bonchev–Trinajstić information content (AvgIpc) is 2.75. The van der Waals surface area contributed by atoms with Crippen LogP contribution in [0.1, 0.15) is 12.0 Å². The van der Waals surface area contributed by atoms with E-state index in [2.05, 4.69) is 10.3 Å². The Morgan fingerprint density at radius 1 is 1.09 bits per heavy atom. The minimum Gasteiger partial charge on any atom is -0.359 e. The Labute approximate surface area is 130 Å². The van der Waals surface area contributed by atoms with Crippen molar-refractivity contribution in [3.63, 3.8) is 0 Å². The van der Waals surface area contributed by atoms with Crippen LogP contribution in [0.25, 0.3) is 0 Å². The molecule has 0 unspecified atom stereocenters. The molecular weight excluding hydrogens is 300 g/mol. The van der Waals surface area contributed by atoms with Crippen molar-refractivity contribution in [3.8, 4) is 0 Å². The van der Waals surface area contributed by atoms with E-state index < -0.39 is 17.3 Å². The molecule has 1 aromatic heterocycles. The molecule has 1 atom stereocenters. The molecule has 2 aromatic rings. The van der Waals surface area contributed by atoms with Crippen molar-refractivity contribution in [3.05, 3.63) is 62.8 Å². The molecule has 8 nitrogen and oxygen atoms in total. The minimum atomic E-state index is -0.802. The van der Waals surface area contributed by atoms with Crippen LogP contribution >= 0.6 is 0 Å². The highest BCUT2D eigenvalue weighted by Crippen LogP contribution is 2.19. The van der Waals surface area contributed by atoms with Gasteiger partial charge in [0.1, 0.15) is 11.9 Å². The lowest BCUT2D eigenvalue weighted by Gasteiger charge is -2.15. The van der Waals surface area contributed by atoms with Gasteiger partial charge in [-0.3, -0.25) is 29.3 Å². The lowest BCUT2D eigenvalue weighted by Crippen LogP contribution is -2.35. The highest BCUT2D eigenvalue weighted by Gasteiger charge is 2.38. The van der Waals surface area contributed by atoms with E-state index in [0.717, 1.165) is 16.5 Å². The third-order valence-electron chi connectivity index (χ3n) is 3.52. The maximum Gasteiger partial charge on any atom is 0.327 e. The van der Waals surface area contributed by atoms with Crippen molar-refractivity contribution in [1.82, 2.24) is 14.9 Å². The van der Waals surface area contributed by atoms with Gasteiger partial charge in [-0.1, -0.05) is 30.3 Å². The first-order valence-electron chi connectivity index (χ1n) is 7.01. The van der Waals surface area contributed by atoms with Crippen molar-refractivity contribution in [2.24, 2.45) is 0 Å². The number of H-pyrrole nitrogens is 2. The number of benzene rings is 1. The quantitative estimate of drug-likeness (QED) is 0.676. The Hall–Kier alpha value is -3.16. The number of likely N-dealkylation sites (tertiary alicyclic amines) is 1. The minimum absolute atomic E-state index is 0.0273. The molecule has 1 fully saturated rings. The fourth-order valence-corrected chi connectivity index (χ4v) is 2.46. The maximum absolute atomic E-state index is 12.4. The number of hydrogen-bond donors (Lipinski definition) is 3. The van der Waals surface area contributed by atoms with Gasteiger partial charge in [0, 0.05) is 6.07 Å². The van der Waals surface area contributed by atoms with Crippen LogP contribution in [0.4, 0.5) is 5.82 Å². The number of carbonyl (C=O) groups is 2. The van der Waals surface area contributed by atoms with Gasteiger partial charge in [-0.15, -0.1) is 0 Å². The summed E-state index contributed by atoms with van der Waals surface area (Å²) in [7, 11) is 0. The molecule has 0 radical (unpaired) electrons. The Morgan fingerprint density at radius 2 is 1.83 bits per heavy atom. The number of anilines is 1. The van der Waals surface area contributed by atoms with E-state index in [-0.39, 0.29) is 30.6 Å². The maximum atomic E-state index is 12.4. The highest BCUT2D eigenvalue weighted by molar-refractivity contribution is 6.06. The zero-order valence-corrected chi connectivity index (χ0v) is 12.0. The van der Waals surface area contributed by atoms with Gasteiger partial charge in [-0.05, 0) is 5.56 Å². The molecule has 0 spiro atoms. The van der Waals surface area contributed by atoms with Gasteiger partial charge in [0.05, 0.1) is 13.0 Å². The average molecular weight is 314 g/mol. The first-order chi connectivity index (χ1) is 11.0. The van der Waals surface area contributed by atoms with E-state index in [9.17, 15) is 19.2 Å². The lowest BCUT2D eigenvalue weighted by molar-refractivity contribution is -0.139. The van der Waals surface area contributed by atoms with Crippen LogP contribution in [-0.4, -0.2) is 32.7 Å². The van der Waals surface area contributed by atoms with E-state index >= 15 is 0 Å². The molecule has 2 heterocycles. The Balaban J connectivity index is 1.75. The highest BCUT2D eigenvalue weighted by atomic mass is 16.2. The Morgan fingerprint density at radius 3 is 2.52 bits per heavy atom. The first kappa shape index (κ1) is 14.8. The number of hydrogen-bond acceptors (Lipinski definition) is 5. The second-order valence-corrected chi connectivity index (χ2v) is 5.21. The van der Waals surface area contributed by atoms with Gasteiger partial charge in [0.15, 0.2) is 0 Å². The molecule has 1 saturated heterocycles. The fourth-order valence-electron chi connectivity index (χ4n) is 2.46. The van der Waals surface area contributed by atoms with Crippen molar-refractivity contribution >= 4 is 17.6 Å². The summed E-state index contributed by atoms with van der Waals surface area (Å²) < 4.78 is 0. The van der Waals surface area contributed by atoms with Crippen molar-refractivity contribution in [2.45, 2.75) is 19.0 Å². The summed E-state index contributed by atoms with van der Waals surface area (Å²) in [6.07, 6.45) is -0.0273. The van der Waals surface area contributed by atoms with Crippen LogP contribution in [0.15, 0.2) is 46.0 Å². The lowest BCUT2D eigenvalue weighted by atomic mass is 10.2. The zero-order valence-electron chi connectivity index (χ0n) is 12.0. The second-order valence-electron chi connectivity index (χ2n) is 5.21. The number of rotatable bonds is 4. The van der Waals surface area contributed by atoms with E-state index in [0.29, 0.717) is 0 Å². The van der Waals surface area contributed by atoms with E-state index in [1.54, 1.807) is 0 Å². The second kappa shape index (κ2) is 5.91. The molecule has 0 aliphatic carbocycles. The summed E-state index contributed by atoms with van der Waals surface area (Å²) in [5.41, 5.74) is -0.425. The van der Waals surface area contributed by atoms with E-state index in [1.807, 2.05) is 35.3 Å². The van der Waals surface area contributed by atoms with Crippen LogP contribution in [0.3, 0.4) is 0 Å². The van der Waals surface area contributed by atoms with Crippen LogP contribution in [-0.2, 0) is 16.1 Å². The number of carbonyl (C=O) groups excluding carboxylic acids is 2. The van der Waals surface area contributed by atoms with Gasteiger partial charge in [0.25, 0.3) is 11.5 Å². The number of aromatic nitrogens is 2. The molecule has 1 aliphatic heterocycles. The topological polar surface area (TPSA) is 115 Å². The van der Waals surface area contributed by atoms with Gasteiger partial charge in [-0.2, -0.15) is 0 Å². The monoisotopic (exact) mass is 314 g/mol. The molecule has 2 amide bonds. The summed E-state index contributed by atoms with van der Waals surface area (Å²) >= 11 is 0. The SMILES string of the molecule is O=C1C[C@@H](Nc2cc(=O)[nH]c(=O)[nH]2)C(=O)N1Cc1ccccc1. The fraction of sp³-hybridized carbons (Fsp3) is 0.200. The number of nitrogens with one attached hydrogen (secondary N) is 3. The predicted molar refractivity (Wildman–Crippen MR) is 81.7 cm³/mol. The summed E-state index contributed by atoms with van der Waals surface area (Å²) in [6.45, 7) is 0.197. The molecular formula is C15H14N4O4. The summed E-state index contributed by atoms with van der Waals surface area (Å²) in [4.78, 5) is 52.5. The molecule has 118 valence electrons. The van der Waals surface area contributed by atoms with Crippen LogP contribution in [0.5, 0.6) is 0 Å². The summed E-state index contributed by atoms with van der Waals surface area (Å²) in [5, 5.41) is 2.73. The largest absolute Gasteiger partial charge is 0.359 e. The van der Waals surface area contributed by atoms with Gasteiger partial charge < -0.3 is 5.32 Å². The normalized spacial score (nSPS) is 17.6. The number of amides is 2. The van der Waals surface area contributed by atoms with Gasteiger partial charge in [0.2, 0.25) is 5.91 Å². The first-order valence-corrected chi connectivity index (χ1v) is 7.01. The van der Waals surface area contributed by atoms with Gasteiger partial charge >= 0.3 is 5.69 Å². The van der Waals surface area contributed by atoms with Crippen molar-refractivity contribution in [1.29, 1.82) is 0 Å². The molecule has 1 aromatic carbocycles. The van der Waals surface area contributed by atoms with Crippen LogP contribution in [0.2, 0.25) is 0 Å². The van der Waals surface area contributed by atoms with E-state index in [4.69, 9.17) is 0 Å². The Bertz CT molecular complexity index is 827. The van der Waals surface area contributed by atoms with Gasteiger partial charge in [-0.25, -0.2) is 4.79 Å². The third kappa shape index (κ3) is 3.20. The predicted octanol–water partition coefficient (Wildman–Crippen LogP) is -0.197.